The molecular formula is C16H27NO2. The zero-order valence-electron chi connectivity index (χ0n) is 12.2. The lowest BCUT2D eigenvalue weighted by Gasteiger charge is -2.14. The van der Waals surface area contributed by atoms with Gasteiger partial charge in [-0.2, -0.15) is 0 Å². The summed E-state index contributed by atoms with van der Waals surface area (Å²) < 4.78 is 5.55. The number of ether oxygens (including phenoxy) is 1. The van der Waals surface area contributed by atoms with Crippen LogP contribution in [0, 0.1) is 5.92 Å². The van der Waals surface area contributed by atoms with Crippen molar-refractivity contribution in [3.63, 3.8) is 0 Å². The van der Waals surface area contributed by atoms with Crippen molar-refractivity contribution in [3.8, 4) is 5.75 Å². The Kier molecular flexibility index (Phi) is 8.26. The molecule has 1 aromatic rings. The van der Waals surface area contributed by atoms with Gasteiger partial charge in [0.2, 0.25) is 0 Å². The minimum absolute atomic E-state index is 0.281. The minimum Gasteiger partial charge on any atom is -0.494 e. The van der Waals surface area contributed by atoms with E-state index in [1.54, 1.807) is 0 Å². The molecule has 0 bridgehead atoms. The molecule has 0 heterocycles. The molecule has 0 aliphatic rings. The summed E-state index contributed by atoms with van der Waals surface area (Å²) in [5.74, 6) is 1.51. The highest BCUT2D eigenvalue weighted by atomic mass is 16.5. The minimum atomic E-state index is 0.281. The van der Waals surface area contributed by atoms with E-state index < -0.39 is 0 Å². The maximum Gasteiger partial charge on any atom is 0.119 e. The van der Waals surface area contributed by atoms with Gasteiger partial charge < -0.3 is 15.2 Å². The van der Waals surface area contributed by atoms with Gasteiger partial charge in [-0.15, -0.1) is 0 Å². The van der Waals surface area contributed by atoms with Gasteiger partial charge in [0.15, 0.2) is 0 Å². The maximum atomic E-state index is 8.94. The van der Waals surface area contributed by atoms with Gasteiger partial charge >= 0.3 is 0 Å². The summed E-state index contributed by atoms with van der Waals surface area (Å²) in [7, 11) is 0. The number of nitrogens with one attached hydrogen (secondary N) is 1. The van der Waals surface area contributed by atoms with Gasteiger partial charge in [0.1, 0.15) is 5.75 Å². The standard InChI is InChI=1S/C16H27NO2/c1-3-11-19-16-7-5-15(6-8-16)13-17-12-14(4-2)9-10-18/h5-8,14,17-18H,3-4,9-13H2,1-2H3. The second-order valence-electron chi connectivity index (χ2n) is 4.91. The maximum absolute atomic E-state index is 8.94. The molecule has 1 aromatic carbocycles. The molecule has 0 aliphatic heterocycles. The average Bonchev–Trinajstić information content (AvgIpc) is 2.45. The SMILES string of the molecule is CCCOc1ccc(CNCC(CC)CCO)cc1. The van der Waals surface area contributed by atoms with Crippen molar-refractivity contribution in [2.45, 2.75) is 39.7 Å². The van der Waals surface area contributed by atoms with Crippen LogP contribution in [0.5, 0.6) is 5.75 Å². The monoisotopic (exact) mass is 265 g/mol. The molecule has 0 saturated carbocycles. The normalized spacial score (nSPS) is 12.4. The second kappa shape index (κ2) is 9.82. The fraction of sp³-hybridized carbons (Fsp3) is 0.625. The van der Waals surface area contributed by atoms with Crippen molar-refractivity contribution in [2.75, 3.05) is 19.8 Å². The Morgan fingerprint density at radius 3 is 2.53 bits per heavy atom. The van der Waals surface area contributed by atoms with Crippen molar-refractivity contribution >= 4 is 0 Å². The van der Waals surface area contributed by atoms with Crippen LogP contribution in [0.2, 0.25) is 0 Å². The molecule has 0 spiro atoms. The van der Waals surface area contributed by atoms with Crippen LogP contribution in [0.25, 0.3) is 0 Å². The van der Waals surface area contributed by atoms with E-state index in [-0.39, 0.29) is 6.61 Å². The largest absolute Gasteiger partial charge is 0.494 e. The molecule has 1 atom stereocenters. The fourth-order valence-corrected chi connectivity index (χ4v) is 1.98. The quantitative estimate of drug-likeness (QED) is 0.683. The first-order chi connectivity index (χ1) is 9.30. The fourth-order valence-electron chi connectivity index (χ4n) is 1.98. The van der Waals surface area contributed by atoms with Crippen LogP contribution in [0.3, 0.4) is 0 Å². The van der Waals surface area contributed by atoms with E-state index in [1.165, 1.54) is 5.56 Å². The summed E-state index contributed by atoms with van der Waals surface area (Å²) in [4.78, 5) is 0. The lowest BCUT2D eigenvalue weighted by Crippen LogP contribution is -2.22. The Balaban J connectivity index is 2.29. The summed E-state index contributed by atoms with van der Waals surface area (Å²) in [6.45, 7) is 7.17. The second-order valence-corrected chi connectivity index (χ2v) is 4.91. The van der Waals surface area contributed by atoms with Gasteiger partial charge in [0.05, 0.1) is 6.61 Å². The van der Waals surface area contributed by atoms with E-state index in [1.807, 2.05) is 12.1 Å². The summed E-state index contributed by atoms with van der Waals surface area (Å²) in [6, 6.07) is 8.26. The van der Waals surface area contributed by atoms with Crippen LogP contribution >= 0.6 is 0 Å². The molecule has 0 radical (unpaired) electrons. The van der Waals surface area contributed by atoms with Crippen molar-refractivity contribution in [2.24, 2.45) is 5.92 Å². The predicted molar refractivity (Wildman–Crippen MR) is 79.4 cm³/mol. The smallest absolute Gasteiger partial charge is 0.119 e. The summed E-state index contributed by atoms with van der Waals surface area (Å²) in [6.07, 6.45) is 3.03. The molecule has 0 fully saturated rings. The van der Waals surface area contributed by atoms with Crippen LogP contribution < -0.4 is 10.1 Å². The number of aliphatic hydroxyl groups excluding tert-OH is 1. The van der Waals surface area contributed by atoms with Crippen LogP contribution in [0.1, 0.15) is 38.7 Å². The third kappa shape index (κ3) is 6.60. The third-order valence-corrected chi connectivity index (χ3v) is 3.27. The van der Waals surface area contributed by atoms with Crippen molar-refractivity contribution < 1.29 is 9.84 Å². The number of aliphatic hydroxyl groups is 1. The van der Waals surface area contributed by atoms with Crippen molar-refractivity contribution in [1.82, 2.24) is 5.32 Å². The molecule has 3 nitrogen and oxygen atoms in total. The van der Waals surface area contributed by atoms with Crippen molar-refractivity contribution in [3.05, 3.63) is 29.8 Å². The van der Waals surface area contributed by atoms with Gasteiger partial charge in [0, 0.05) is 13.2 Å². The molecule has 2 N–H and O–H groups in total. The van der Waals surface area contributed by atoms with Crippen LogP contribution in [0.4, 0.5) is 0 Å². The van der Waals surface area contributed by atoms with Crippen LogP contribution in [-0.2, 0) is 6.54 Å². The van der Waals surface area contributed by atoms with E-state index in [0.717, 1.165) is 44.7 Å². The molecule has 0 aliphatic carbocycles. The first-order valence-electron chi connectivity index (χ1n) is 7.33. The lowest BCUT2D eigenvalue weighted by atomic mass is 10.0. The lowest BCUT2D eigenvalue weighted by molar-refractivity contribution is 0.251. The van der Waals surface area contributed by atoms with E-state index in [4.69, 9.17) is 9.84 Å². The van der Waals surface area contributed by atoms with Gasteiger partial charge in [-0.05, 0) is 43.0 Å². The Labute approximate surface area is 117 Å². The number of rotatable bonds is 10. The van der Waals surface area contributed by atoms with E-state index >= 15 is 0 Å². The molecule has 1 rings (SSSR count). The zero-order valence-corrected chi connectivity index (χ0v) is 12.2. The Bertz CT molecular complexity index is 324. The number of benzene rings is 1. The van der Waals surface area contributed by atoms with Crippen LogP contribution in [-0.4, -0.2) is 24.9 Å². The highest BCUT2D eigenvalue weighted by Gasteiger charge is 2.04. The highest BCUT2D eigenvalue weighted by molar-refractivity contribution is 5.27. The third-order valence-electron chi connectivity index (χ3n) is 3.27. The van der Waals surface area contributed by atoms with E-state index in [2.05, 4.69) is 31.3 Å². The van der Waals surface area contributed by atoms with Crippen molar-refractivity contribution in [1.29, 1.82) is 0 Å². The molecular weight excluding hydrogens is 238 g/mol. The first kappa shape index (κ1) is 16.0. The molecule has 1 unspecified atom stereocenters. The first-order valence-corrected chi connectivity index (χ1v) is 7.33. The zero-order chi connectivity index (χ0) is 13.9. The number of hydrogen-bond acceptors (Lipinski definition) is 3. The van der Waals surface area contributed by atoms with Gasteiger partial charge in [-0.25, -0.2) is 0 Å². The summed E-state index contributed by atoms with van der Waals surface area (Å²) in [5.41, 5.74) is 1.27. The topological polar surface area (TPSA) is 41.5 Å². The predicted octanol–water partition coefficient (Wildman–Crippen LogP) is 2.97. The molecule has 19 heavy (non-hydrogen) atoms. The van der Waals surface area contributed by atoms with Gasteiger partial charge in [-0.1, -0.05) is 32.4 Å². The van der Waals surface area contributed by atoms with Gasteiger partial charge in [0.25, 0.3) is 0 Å². The van der Waals surface area contributed by atoms with Gasteiger partial charge in [-0.3, -0.25) is 0 Å². The average molecular weight is 265 g/mol. The summed E-state index contributed by atoms with van der Waals surface area (Å²) in [5, 5.41) is 12.4. The molecule has 3 heteroatoms. The van der Waals surface area contributed by atoms with E-state index in [0.29, 0.717) is 5.92 Å². The van der Waals surface area contributed by atoms with Crippen LogP contribution in [0.15, 0.2) is 24.3 Å². The highest BCUT2D eigenvalue weighted by Crippen LogP contribution is 2.12. The van der Waals surface area contributed by atoms with E-state index in [9.17, 15) is 0 Å². The molecule has 0 saturated heterocycles. The Hall–Kier alpha value is -1.06. The Morgan fingerprint density at radius 2 is 1.95 bits per heavy atom. The molecule has 108 valence electrons. The molecule has 0 aromatic heterocycles. The molecule has 0 amide bonds. The summed E-state index contributed by atoms with van der Waals surface area (Å²) >= 11 is 0. The number of hydrogen-bond donors (Lipinski definition) is 2. The Morgan fingerprint density at radius 1 is 1.21 bits per heavy atom.